The van der Waals surface area contributed by atoms with Crippen LogP contribution < -0.4 is 4.90 Å². The molecule has 1 nitrogen and oxygen atoms in total. The average Bonchev–Trinajstić information content (AvgIpc) is 2.16. The highest BCUT2D eigenvalue weighted by Gasteiger charge is 2.38. The number of benzene rings is 1. The Balaban J connectivity index is 2.20. The minimum Gasteiger partial charge on any atom is -0.344 e. The quantitative estimate of drug-likeness (QED) is 0.651. The Bertz CT molecular complexity index is 359. The molecule has 1 aromatic rings. The van der Waals surface area contributed by atoms with E-state index in [0.29, 0.717) is 0 Å². The van der Waals surface area contributed by atoms with Crippen molar-refractivity contribution in [2.75, 3.05) is 11.4 Å². The van der Waals surface area contributed by atoms with E-state index < -0.39 is 0 Å². The van der Waals surface area contributed by atoms with Crippen molar-refractivity contribution in [1.29, 1.82) is 0 Å². The van der Waals surface area contributed by atoms with Crippen LogP contribution in [0.5, 0.6) is 0 Å². The third-order valence-corrected chi connectivity index (χ3v) is 3.01. The van der Waals surface area contributed by atoms with Crippen molar-refractivity contribution in [2.45, 2.75) is 20.8 Å². The molecule has 0 unspecified atom stereocenters. The van der Waals surface area contributed by atoms with E-state index in [2.05, 4.69) is 56.5 Å². The van der Waals surface area contributed by atoms with Crippen molar-refractivity contribution in [2.24, 2.45) is 5.41 Å². The summed E-state index contributed by atoms with van der Waals surface area (Å²) in [6.45, 7) is 11.8. The Morgan fingerprint density at radius 1 is 1.21 bits per heavy atom. The molecule has 0 bridgehead atoms. The molecular weight excluding hydrogens is 170 g/mol. The summed E-state index contributed by atoms with van der Waals surface area (Å²) in [5.74, 6) is 0. The lowest BCUT2D eigenvalue weighted by Gasteiger charge is -2.49. The number of rotatable bonds is 1. The van der Waals surface area contributed by atoms with E-state index in [1.54, 1.807) is 0 Å². The van der Waals surface area contributed by atoms with Crippen LogP contribution in [-0.4, -0.2) is 6.54 Å². The molecule has 74 valence electrons. The molecular formula is C13H17N. The van der Waals surface area contributed by atoms with Crippen LogP contribution in [0.2, 0.25) is 0 Å². The Labute approximate surface area is 86.1 Å². The normalized spacial score (nSPS) is 19.4. The summed E-state index contributed by atoms with van der Waals surface area (Å²) in [4.78, 5) is 2.28. The zero-order chi connectivity index (χ0) is 10.3. The van der Waals surface area contributed by atoms with Crippen LogP contribution in [0.3, 0.4) is 0 Å². The number of hydrogen-bond acceptors (Lipinski definition) is 1. The summed E-state index contributed by atoms with van der Waals surface area (Å²) in [6.07, 6.45) is 0. The molecule has 1 saturated heterocycles. The van der Waals surface area contributed by atoms with Gasteiger partial charge in [0.15, 0.2) is 0 Å². The van der Waals surface area contributed by atoms with E-state index in [9.17, 15) is 0 Å². The highest BCUT2D eigenvalue weighted by atomic mass is 15.2. The lowest BCUT2D eigenvalue weighted by molar-refractivity contribution is 0.355. The SMILES string of the molecule is C=C1N(c2ccc(C)cc2)CC1(C)C. The first-order chi connectivity index (χ1) is 6.50. The van der Waals surface area contributed by atoms with Crippen LogP contribution >= 0.6 is 0 Å². The van der Waals surface area contributed by atoms with Crippen LogP contribution in [0, 0.1) is 12.3 Å². The van der Waals surface area contributed by atoms with Crippen LogP contribution in [0.4, 0.5) is 5.69 Å². The van der Waals surface area contributed by atoms with Gasteiger partial charge in [0, 0.05) is 23.3 Å². The third kappa shape index (κ3) is 1.33. The minimum absolute atomic E-state index is 0.283. The molecule has 1 aliphatic rings. The highest BCUT2D eigenvalue weighted by Crippen LogP contribution is 2.42. The molecule has 0 atom stereocenters. The van der Waals surface area contributed by atoms with Gasteiger partial charge in [-0.3, -0.25) is 0 Å². The van der Waals surface area contributed by atoms with Gasteiger partial charge in [0.05, 0.1) is 0 Å². The maximum absolute atomic E-state index is 4.12. The average molecular weight is 187 g/mol. The Morgan fingerprint density at radius 2 is 1.79 bits per heavy atom. The minimum atomic E-state index is 0.283. The Hall–Kier alpha value is -1.24. The zero-order valence-corrected chi connectivity index (χ0v) is 9.17. The second-order valence-corrected chi connectivity index (χ2v) is 4.75. The van der Waals surface area contributed by atoms with Crippen LogP contribution in [0.25, 0.3) is 0 Å². The monoisotopic (exact) mass is 187 g/mol. The van der Waals surface area contributed by atoms with Crippen molar-refractivity contribution >= 4 is 5.69 Å². The highest BCUT2D eigenvalue weighted by molar-refractivity contribution is 5.58. The summed E-state index contributed by atoms with van der Waals surface area (Å²) in [5.41, 5.74) is 4.07. The van der Waals surface area contributed by atoms with Crippen LogP contribution in [0.1, 0.15) is 19.4 Å². The fraction of sp³-hybridized carbons (Fsp3) is 0.385. The summed E-state index contributed by atoms with van der Waals surface area (Å²) >= 11 is 0. The fourth-order valence-corrected chi connectivity index (χ4v) is 1.83. The van der Waals surface area contributed by atoms with Gasteiger partial charge < -0.3 is 4.90 Å². The molecule has 14 heavy (non-hydrogen) atoms. The number of nitrogens with zero attached hydrogens (tertiary/aromatic N) is 1. The van der Waals surface area contributed by atoms with Crippen molar-refractivity contribution < 1.29 is 0 Å². The van der Waals surface area contributed by atoms with E-state index in [4.69, 9.17) is 0 Å². The summed E-state index contributed by atoms with van der Waals surface area (Å²) in [7, 11) is 0. The van der Waals surface area contributed by atoms with E-state index >= 15 is 0 Å². The lowest BCUT2D eigenvalue weighted by Crippen LogP contribution is -2.50. The first kappa shape index (κ1) is 9.32. The molecule has 1 fully saturated rings. The van der Waals surface area contributed by atoms with Gasteiger partial charge in [0.25, 0.3) is 0 Å². The molecule has 0 N–H and O–H groups in total. The molecule has 1 aromatic carbocycles. The molecule has 2 rings (SSSR count). The van der Waals surface area contributed by atoms with Crippen molar-refractivity contribution in [3.05, 3.63) is 42.1 Å². The first-order valence-electron chi connectivity index (χ1n) is 5.04. The van der Waals surface area contributed by atoms with E-state index in [1.807, 2.05) is 0 Å². The fourth-order valence-electron chi connectivity index (χ4n) is 1.83. The largest absolute Gasteiger partial charge is 0.344 e. The van der Waals surface area contributed by atoms with E-state index in [0.717, 1.165) is 6.54 Å². The van der Waals surface area contributed by atoms with Gasteiger partial charge in [0.2, 0.25) is 0 Å². The van der Waals surface area contributed by atoms with E-state index in [1.165, 1.54) is 16.9 Å². The molecule has 0 radical (unpaired) electrons. The summed E-state index contributed by atoms with van der Waals surface area (Å²) < 4.78 is 0. The van der Waals surface area contributed by atoms with Gasteiger partial charge in [-0.05, 0) is 19.1 Å². The molecule has 1 heteroatoms. The standard InChI is InChI=1S/C13H17N/c1-10-5-7-12(8-6-10)14-9-13(3,4)11(14)2/h5-8H,2,9H2,1,3-4H3. The van der Waals surface area contributed by atoms with Gasteiger partial charge in [-0.1, -0.05) is 38.1 Å². The predicted octanol–water partition coefficient (Wildman–Crippen LogP) is 3.35. The smallest absolute Gasteiger partial charge is 0.0408 e. The van der Waals surface area contributed by atoms with Gasteiger partial charge in [-0.15, -0.1) is 0 Å². The Morgan fingerprint density at radius 3 is 2.21 bits per heavy atom. The lowest BCUT2D eigenvalue weighted by atomic mass is 9.80. The maximum Gasteiger partial charge on any atom is 0.0408 e. The Kier molecular flexibility index (Phi) is 1.91. The molecule has 0 aliphatic carbocycles. The van der Waals surface area contributed by atoms with Crippen molar-refractivity contribution in [1.82, 2.24) is 0 Å². The van der Waals surface area contributed by atoms with Crippen LogP contribution in [-0.2, 0) is 0 Å². The second kappa shape index (κ2) is 2.88. The van der Waals surface area contributed by atoms with Crippen LogP contribution in [0.15, 0.2) is 36.5 Å². The van der Waals surface area contributed by atoms with Gasteiger partial charge in [-0.25, -0.2) is 0 Å². The molecule has 0 saturated carbocycles. The maximum atomic E-state index is 4.12. The zero-order valence-electron chi connectivity index (χ0n) is 9.17. The molecule has 0 spiro atoms. The predicted molar refractivity (Wildman–Crippen MR) is 61.4 cm³/mol. The van der Waals surface area contributed by atoms with Gasteiger partial charge in [-0.2, -0.15) is 0 Å². The first-order valence-corrected chi connectivity index (χ1v) is 5.04. The summed E-state index contributed by atoms with van der Waals surface area (Å²) in [5, 5.41) is 0. The molecule has 0 aromatic heterocycles. The third-order valence-electron chi connectivity index (χ3n) is 3.01. The molecule has 1 heterocycles. The second-order valence-electron chi connectivity index (χ2n) is 4.75. The topological polar surface area (TPSA) is 3.24 Å². The summed E-state index contributed by atoms with van der Waals surface area (Å²) in [6, 6.07) is 8.62. The number of anilines is 1. The molecule has 1 aliphatic heterocycles. The van der Waals surface area contributed by atoms with Gasteiger partial charge >= 0.3 is 0 Å². The number of hydrogen-bond donors (Lipinski definition) is 0. The van der Waals surface area contributed by atoms with Crippen molar-refractivity contribution in [3.63, 3.8) is 0 Å². The molecule has 0 amide bonds. The van der Waals surface area contributed by atoms with Gasteiger partial charge in [0.1, 0.15) is 0 Å². The van der Waals surface area contributed by atoms with Crippen molar-refractivity contribution in [3.8, 4) is 0 Å². The van der Waals surface area contributed by atoms with E-state index in [-0.39, 0.29) is 5.41 Å². The number of aryl methyl sites for hydroxylation is 1.